The van der Waals surface area contributed by atoms with Crippen LogP contribution in [0.2, 0.25) is 0 Å². The SMILES string of the molecule is COc1ccc(NC(=O)[C@@H](C)OC(=O)CSCC(=O)Nc2ccccc2F)cc1. The normalized spacial score (nSPS) is 11.3. The summed E-state index contributed by atoms with van der Waals surface area (Å²) in [6.07, 6.45) is -1.00. The molecule has 0 heterocycles. The standard InChI is InChI=1S/C20H21FN2O5S/c1-13(20(26)22-14-7-9-15(27-2)10-8-14)28-19(25)12-29-11-18(24)23-17-6-4-3-5-16(17)21/h3-10,13H,11-12H2,1-2H3,(H,22,26)(H,23,24)/t13-/m1/s1. The lowest BCUT2D eigenvalue weighted by atomic mass is 10.3. The molecule has 0 spiro atoms. The van der Waals surface area contributed by atoms with Crippen molar-refractivity contribution in [2.75, 3.05) is 29.2 Å². The second-order valence-electron chi connectivity index (χ2n) is 5.87. The van der Waals surface area contributed by atoms with Crippen LogP contribution in [0.1, 0.15) is 6.92 Å². The van der Waals surface area contributed by atoms with Crippen LogP contribution in [-0.2, 0) is 19.1 Å². The van der Waals surface area contributed by atoms with Crippen LogP contribution < -0.4 is 15.4 Å². The lowest BCUT2D eigenvalue weighted by molar-refractivity contribution is -0.150. The second kappa shape index (κ2) is 11.1. The van der Waals surface area contributed by atoms with Gasteiger partial charge in [-0.2, -0.15) is 0 Å². The fraction of sp³-hybridized carbons (Fsp3) is 0.250. The molecule has 0 aliphatic heterocycles. The third-order valence-electron chi connectivity index (χ3n) is 3.64. The number of nitrogens with one attached hydrogen (secondary N) is 2. The molecule has 0 bridgehead atoms. The number of rotatable bonds is 9. The number of ether oxygens (including phenoxy) is 2. The van der Waals surface area contributed by atoms with E-state index in [1.54, 1.807) is 30.3 Å². The maximum Gasteiger partial charge on any atom is 0.316 e. The molecule has 29 heavy (non-hydrogen) atoms. The number of benzene rings is 2. The Labute approximate surface area is 172 Å². The number of carbonyl (C=O) groups excluding carboxylic acids is 3. The number of anilines is 2. The average molecular weight is 420 g/mol. The van der Waals surface area contributed by atoms with Gasteiger partial charge in [0.2, 0.25) is 5.91 Å². The summed E-state index contributed by atoms with van der Waals surface area (Å²) in [7, 11) is 1.54. The third-order valence-corrected chi connectivity index (χ3v) is 4.54. The quantitative estimate of drug-likeness (QED) is 0.606. The Bertz CT molecular complexity index is 860. The van der Waals surface area contributed by atoms with Gasteiger partial charge in [0.15, 0.2) is 6.10 Å². The van der Waals surface area contributed by atoms with Crippen molar-refractivity contribution in [3.05, 3.63) is 54.3 Å². The van der Waals surface area contributed by atoms with Gasteiger partial charge >= 0.3 is 5.97 Å². The van der Waals surface area contributed by atoms with E-state index < -0.39 is 29.7 Å². The predicted molar refractivity (Wildman–Crippen MR) is 110 cm³/mol. The molecule has 0 radical (unpaired) electrons. The predicted octanol–water partition coefficient (Wildman–Crippen LogP) is 3.08. The van der Waals surface area contributed by atoms with Crippen molar-refractivity contribution in [2.45, 2.75) is 13.0 Å². The molecule has 2 aromatic rings. The van der Waals surface area contributed by atoms with Gasteiger partial charge in [0, 0.05) is 5.69 Å². The summed E-state index contributed by atoms with van der Waals surface area (Å²) in [6.45, 7) is 1.45. The molecule has 0 aromatic heterocycles. The van der Waals surface area contributed by atoms with Crippen molar-refractivity contribution in [1.29, 1.82) is 0 Å². The van der Waals surface area contributed by atoms with Crippen molar-refractivity contribution >= 4 is 40.9 Å². The smallest absolute Gasteiger partial charge is 0.316 e. The summed E-state index contributed by atoms with van der Waals surface area (Å²) in [5.41, 5.74) is 0.613. The van der Waals surface area contributed by atoms with E-state index in [4.69, 9.17) is 9.47 Å². The molecule has 1 atom stereocenters. The molecule has 0 fully saturated rings. The summed E-state index contributed by atoms with van der Waals surface area (Å²) in [6, 6.07) is 12.5. The number of methoxy groups -OCH3 is 1. The van der Waals surface area contributed by atoms with Gasteiger partial charge in [-0.1, -0.05) is 12.1 Å². The summed E-state index contributed by atoms with van der Waals surface area (Å²) in [5, 5.41) is 5.05. The summed E-state index contributed by atoms with van der Waals surface area (Å²) >= 11 is 1.00. The van der Waals surface area contributed by atoms with Gasteiger partial charge in [-0.25, -0.2) is 4.39 Å². The summed E-state index contributed by atoms with van der Waals surface area (Å²) in [4.78, 5) is 35.8. The van der Waals surface area contributed by atoms with E-state index in [1.165, 1.54) is 32.2 Å². The first-order valence-electron chi connectivity index (χ1n) is 8.65. The number of carbonyl (C=O) groups is 3. The van der Waals surface area contributed by atoms with Crippen LogP contribution in [-0.4, -0.2) is 42.5 Å². The highest BCUT2D eigenvalue weighted by atomic mass is 32.2. The van der Waals surface area contributed by atoms with Crippen LogP contribution in [0.15, 0.2) is 48.5 Å². The zero-order valence-electron chi connectivity index (χ0n) is 15.9. The zero-order valence-corrected chi connectivity index (χ0v) is 16.8. The Morgan fingerprint density at radius 2 is 1.72 bits per heavy atom. The molecule has 2 amide bonds. The van der Waals surface area contributed by atoms with Crippen LogP contribution >= 0.6 is 11.8 Å². The molecule has 7 nitrogen and oxygen atoms in total. The minimum Gasteiger partial charge on any atom is -0.497 e. The van der Waals surface area contributed by atoms with Crippen molar-refractivity contribution in [1.82, 2.24) is 0 Å². The molecule has 9 heteroatoms. The Morgan fingerprint density at radius 1 is 1.03 bits per heavy atom. The highest BCUT2D eigenvalue weighted by Gasteiger charge is 2.18. The topological polar surface area (TPSA) is 93.7 Å². The van der Waals surface area contributed by atoms with E-state index >= 15 is 0 Å². The first-order valence-corrected chi connectivity index (χ1v) is 9.81. The number of amides is 2. The number of para-hydroxylation sites is 1. The molecule has 2 rings (SSSR count). The fourth-order valence-electron chi connectivity index (χ4n) is 2.18. The Balaban J connectivity index is 1.70. The van der Waals surface area contributed by atoms with E-state index in [2.05, 4.69) is 10.6 Å². The van der Waals surface area contributed by atoms with Gasteiger partial charge in [0.05, 0.1) is 24.3 Å². The van der Waals surface area contributed by atoms with E-state index in [0.717, 1.165) is 11.8 Å². The summed E-state index contributed by atoms with van der Waals surface area (Å²) in [5.74, 6) is -1.63. The van der Waals surface area contributed by atoms with Crippen LogP contribution in [0, 0.1) is 5.82 Å². The monoisotopic (exact) mass is 420 g/mol. The minimum absolute atomic E-state index is 0.0597. The Kier molecular flexibility index (Phi) is 8.47. The molecular weight excluding hydrogens is 399 g/mol. The van der Waals surface area contributed by atoms with Crippen molar-refractivity contribution in [3.8, 4) is 5.75 Å². The number of thioether (sulfide) groups is 1. The molecule has 154 valence electrons. The van der Waals surface area contributed by atoms with Crippen LogP contribution in [0.25, 0.3) is 0 Å². The van der Waals surface area contributed by atoms with Gasteiger partial charge in [-0.05, 0) is 43.3 Å². The van der Waals surface area contributed by atoms with Crippen molar-refractivity contribution < 1.29 is 28.2 Å². The fourth-order valence-corrected chi connectivity index (χ4v) is 2.77. The van der Waals surface area contributed by atoms with Crippen molar-refractivity contribution in [3.63, 3.8) is 0 Å². The average Bonchev–Trinajstić information content (AvgIpc) is 2.70. The van der Waals surface area contributed by atoms with Crippen LogP contribution in [0.5, 0.6) is 5.75 Å². The van der Waals surface area contributed by atoms with E-state index in [1.807, 2.05) is 0 Å². The van der Waals surface area contributed by atoms with Gasteiger partial charge in [0.1, 0.15) is 11.6 Å². The Morgan fingerprint density at radius 3 is 2.38 bits per heavy atom. The first-order chi connectivity index (χ1) is 13.9. The largest absolute Gasteiger partial charge is 0.497 e. The molecule has 2 N–H and O–H groups in total. The number of esters is 1. The summed E-state index contributed by atoms with van der Waals surface area (Å²) < 4.78 is 23.6. The lowest BCUT2D eigenvalue weighted by Crippen LogP contribution is -2.30. The molecule has 0 aliphatic carbocycles. The highest BCUT2D eigenvalue weighted by Crippen LogP contribution is 2.16. The molecule has 0 aliphatic rings. The van der Waals surface area contributed by atoms with Gasteiger partial charge < -0.3 is 20.1 Å². The maximum atomic E-state index is 13.5. The molecule has 0 saturated heterocycles. The number of halogens is 1. The lowest BCUT2D eigenvalue weighted by Gasteiger charge is -2.13. The second-order valence-corrected chi connectivity index (χ2v) is 6.86. The van der Waals surface area contributed by atoms with Crippen LogP contribution in [0.3, 0.4) is 0 Å². The highest BCUT2D eigenvalue weighted by molar-refractivity contribution is 8.00. The van der Waals surface area contributed by atoms with Gasteiger partial charge in [-0.3, -0.25) is 14.4 Å². The molecule has 0 saturated carbocycles. The van der Waals surface area contributed by atoms with E-state index in [-0.39, 0.29) is 17.2 Å². The van der Waals surface area contributed by atoms with Crippen molar-refractivity contribution in [2.24, 2.45) is 0 Å². The number of hydrogen-bond donors (Lipinski definition) is 2. The third kappa shape index (κ3) is 7.46. The minimum atomic E-state index is -1.00. The van der Waals surface area contributed by atoms with Crippen LogP contribution in [0.4, 0.5) is 15.8 Å². The molecule has 2 aromatic carbocycles. The van der Waals surface area contributed by atoms with Gasteiger partial charge in [0.25, 0.3) is 5.91 Å². The maximum absolute atomic E-state index is 13.5. The zero-order chi connectivity index (χ0) is 21.2. The molecule has 0 unspecified atom stereocenters. The molecular formula is C20H21FN2O5S. The Hall–Kier alpha value is -3.07. The first kappa shape index (κ1) is 22.2. The van der Waals surface area contributed by atoms with Gasteiger partial charge in [-0.15, -0.1) is 11.8 Å². The number of hydrogen-bond acceptors (Lipinski definition) is 6. The van der Waals surface area contributed by atoms with E-state index in [0.29, 0.717) is 11.4 Å². The van der Waals surface area contributed by atoms with E-state index in [9.17, 15) is 18.8 Å².